The van der Waals surface area contributed by atoms with Gasteiger partial charge in [-0.3, -0.25) is 15.0 Å². The van der Waals surface area contributed by atoms with E-state index >= 15 is 0 Å². The molecule has 0 aliphatic carbocycles. The van der Waals surface area contributed by atoms with Gasteiger partial charge in [-0.2, -0.15) is 0 Å². The lowest BCUT2D eigenvalue weighted by molar-refractivity contribution is -0.142. The molecule has 1 aliphatic rings. The summed E-state index contributed by atoms with van der Waals surface area (Å²) in [6, 6.07) is 15.2. The summed E-state index contributed by atoms with van der Waals surface area (Å²) in [4.78, 5) is 23.4. The molecule has 5 nitrogen and oxygen atoms in total. The molecular weight excluding hydrogens is 464 g/mol. The molecule has 0 saturated heterocycles. The van der Waals surface area contributed by atoms with Crippen LogP contribution < -0.4 is 5.43 Å². The van der Waals surface area contributed by atoms with Gasteiger partial charge in [-0.05, 0) is 41.5 Å². The molecule has 2 aromatic carbocycles. The predicted octanol–water partition coefficient (Wildman–Crippen LogP) is 4.51. The Morgan fingerprint density at radius 1 is 1.04 bits per heavy atom. The van der Waals surface area contributed by atoms with E-state index in [0.29, 0.717) is 0 Å². The van der Waals surface area contributed by atoms with Crippen LogP contribution in [-0.2, 0) is 9.59 Å². The number of nitrogens with one attached hydrogen (secondary N) is 1. The first-order valence-corrected chi connectivity index (χ1v) is 9.56. The fourth-order valence-electron chi connectivity index (χ4n) is 2.75. The highest BCUT2D eigenvalue weighted by Gasteiger charge is 2.30. The Morgan fingerprint density at radius 3 is 2.42 bits per heavy atom. The first-order valence-electron chi connectivity index (χ1n) is 7.98. The summed E-state index contributed by atoms with van der Waals surface area (Å²) in [6.07, 6.45) is 1.72. The summed E-state index contributed by atoms with van der Waals surface area (Å²) in [7, 11) is 0. The van der Waals surface area contributed by atoms with Crippen molar-refractivity contribution in [3.8, 4) is 0 Å². The van der Waals surface area contributed by atoms with Crippen molar-refractivity contribution < 1.29 is 14.7 Å². The Bertz CT molecular complexity index is 865. The molecule has 26 heavy (non-hydrogen) atoms. The Kier molecular flexibility index (Phi) is 5.78. The van der Waals surface area contributed by atoms with Crippen molar-refractivity contribution in [2.45, 2.75) is 18.9 Å². The molecular formula is C19H16Br2N2O3. The number of carbonyl (C=O) groups is 2. The highest BCUT2D eigenvalue weighted by Crippen LogP contribution is 2.33. The summed E-state index contributed by atoms with van der Waals surface area (Å²) >= 11 is 6.87. The highest BCUT2D eigenvalue weighted by atomic mass is 79.9. The summed E-state index contributed by atoms with van der Waals surface area (Å²) < 4.78 is 1.89. The molecule has 2 aromatic rings. The number of carboxylic acids is 1. The third-order valence-electron chi connectivity index (χ3n) is 4.01. The van der Waals surface area contributed by atoms with Gasteiger partial charge in [0.1, 0.15) is 0 Å². The van der Waals surface area contributed by atoms with Crippen molar-refractivity contribution in [2.24, 2.45) is 0 Å². The molecule has 3 rings (SSSR count). The van der Waals surface area contributed by atoms with E-state index in [1.54, 1.807) is 0 Å². The molecule has 134 valence electrons. The number of carboxylic acid groups (broad SMARTS) is 1. The van der Waals surface area contributed by atoms with Gasteiger partial charge in [-0.25, -0.2) is 5.01 Å². The van der Waals surface area contributed by atoms with Gasteiger partial charge >= 0.3 is 5.97 Å². The number of benzene rings is 2. The zero-order valence-electron chi connectivity index (χ0n) is 13.7. The second kappa shape index (κ2) is 8.05. The smallest absolute Gasteiger partial charge is 0.303 e. The van der Waals surface area contributed by atoms with Crippen molar-refractivity contribution in [1.82, 2.24) is 10.4 Å². The van der Waals surface area contributed by atoms with E-state index in [0.717, 1.165) is 25.8 Å². The number of rotatable bonds is 5. The average Bonchev–Trinajstić information content (AvgIpc) is 3.05. The van der Waals surface area contributed by atoms with Crippen LogP contribution in [0.15, 0.2) is 63.6 Å². The van der Waals surface area contributed by atoms with Crippen LogP contribution >= 0.6 is 31.9 Å². The van der Waals surface area contributed by atoms with Crippen LogP contribution in [0, 0.1) is 0 Å². The van der Waals surface area contributed by atoms with Crippen LogP contribution in [0.4, 0.5) is 0 Å². The molecule has 1 atom stereocenters. The molecule has 1 unspecified atom stereocenters. The Balaban J connectivity index is 1.91. The van der Waals surface area contributed by atoms with Crippen molar-refractivity contribution in [2.75, 3.05) is 0 Å². The molecule has 2 N–H and O–H groups in total. The molecule has 0 fully saturated rings. The normalized spacial score (nSPS) is 16.2. The largest absolute Gasteiger partial charge is 0.481 e. The van der Waals surface area contributed by atoms with E-state index in [1.165, 1.54) is 5.01 Å². The van der Waals surface area contributed by atoms with E-state index in [9.17, 15) is 9.59 Å². The Hall–Kier alpha value is -2.12. The summed E-state index contributed by atoms with van der Waals surface area (Å²) in [6.45, 7) is 0. The van der Waals surface area contributed by atoms with E-state index < -0.39 is 5.97 Å². The van der Waals surface area contributed by atoms with Crippen LogP contribution in [0.5, 0.6) is 0 Å². The van der Waals surface area contributed by atoms with E-state index in [1.807, 2.05) is 54.6 Å². The minimum atomic E-state index is -0.988. The lowest BCUT2D eigenvalue weighted by atomic mass is 10.0. The summed E-state index contributed by atoms with van der Waals surface area (Å²) in [5, 5.41) is 10.4. The highest BCUT2D eigenvalue weighted by molar-refractivity contribution is 9.10. The summed E-state index contributed by atoms with van der Waals surface area (Å²) in [5.74, 6) is -1.25. The summed E-state index contributed by atoms with van der Waals surface area (Å²) in [5.41, 5.74) is 5.83. The Labute approximate surface area is 167 Å². The zero-order valence-corrected chi connectivity index (χ0v) is 16.8. The number of hydrazine groups is 1. The number of carbonyl (C=O) groups excluding carboxylic acids is 1. The van der Waals surface area contributed by atoms with Gasteiger partial charge in [-0.1, -0.05) is 56.1 Å². The first kappa shape index (κ1) is 18.7. The van der Waals surface area contributed by atoms with E-state index in [-0.39, 0.29) is 24.8 Å². The fourth-order valence-corrected chi connectivity index (χ4v) is 3.43. The fraction of sp³-hybridized carbons (Fsp3) is 0.158. The van der Waals surface area contributed by atoms with Crippen molar-refractivity contribution >= 4 is 49.4 Å². The quantitative estimate of drug-likeness (QED) is 0.662. The lowest BCUT2D eigenvalue weighted by Gasteiger charge is -2.25. The third kappa shape index (κ3) is 4.34. The minimum Gasteiger partial charge on any atom is -0.481 e. The molecule has 0 aromatic heterocycles. The van der Waals surface area contributed by atoms with Crippen LogP contribution in [-0.4, -0.2) is 22.0 Å². The maximum Gasteiger partial charge on any atom is 0.303 e. The van der Waals surface area contributed by atoms with Gasteiger partial charge < -0.3 is 5.11 Å². The molecule has 0 bridgehead atoms. The van der Waals surface area contributed by atoms with Crippen molar-refractivity contribution in [3.63, 3.8) is 0 Å². The van der Waals surface area contributed by atoms with Crippen LogP contribution in [0.25, 0.3) is 5.70 Å². The monoisotopic (exact) mass is 478 g/mol. The first-order chi connectivity index (χ1) is 12.4. The van der Waals surface area contributed by atoms with Crippen LogP contribution in [0.2, 0.25) is 0 Å². The van der Waals surface area contributed by atoms with Crippen LogP contribution in [0.1, 0.15) is 30.0 Å². The molecule has 0 saturated carbocycles. The number of amides is 1. The maximum atomic E-state index is 12.6. The zero-order chi connectivity index (χ0) is 18.7. The average molecular weight is 480 g/mol. The van der Waals surface area contributed by atoms with Crippen molar-refractivity contribution in [1.29, 1.82) is 0 Å². The Morgan fingerprint density at radius 2 is 1.77 bits per heavy atom. The maximum absolute atomic E-state index is 12.6. The second-order valence-electron chi connectivity index (χ2n) is 5.86. The van der Waals surface area contributed by atoms with Gasteiger partial charge in [0.25, 0.3) is 0 Å². The van der Waals surface area contributed by atoms with Gasteiger partial charge in [-0.15, -0.1) is 0 Å². The second-order valence-corrected chi connectivity index (χ2v) is 7.69. The van der Waals surface area contributed by atoms with E-state index in [4.69, 9.17) is 5.11 Å². The topological polar surface area (TPSA) is 69.6 Å². The minimum absolute atomic E-state index is 0.0612. The predicted molar refractivity (Wildman–Crippen MR) is 106 cm³/mol. The number of nitrogens with zero attached hydrogens (tertiary/aromatic N) is 1. The van der Waals surface area contributed by atoms with Gasteiger partial charge in [0, 0.05) is 15.4 Å². The lowest BCUT2D eigenvalue weighted by Crippen LogP contribution is -2.39. The number of hydrogen-bond donors (Lipinski definition) is 2. The SMILES string of the molecule is O=C(O)CCC(=O)N1NC(c2ccc(Br)cc2)=CC1c1cccc(Br)c1. The number of aliphatic carboxylic acids is 1. The third-order valence-corrected chi connectivity index (χ3v) is 5.03. The molecule has 1 heterocycles. The van der Waals surface area contributed by atoms with Gasteiger partial charge in [0.2, 0.25) is 5.91 Å². The standard InChI is InChI=1S/C19H16Br2N2O3/c20-14-6-4-12(5-7-14)16-11-17(13-2-1-3-15(21)10-13)23(22-16)18(24)8-9-19(25)26/h1-7,10-11,17,22H,8-9H2,(H,25,26). The van der Waals surface area contributed by atoms with E-state index in [2.05, 4.69) is 37.3 Å². The van der Waals surface area contributed by atoms with Gasteiger partial charge in [0.05, 0.1) is 18.2 Å². The van der Waals surface area contributed by atoms with Crippen molar-refractivity contribution in [3.05, 3.63) is 74.7 Å². The van der Waals surface area contributed by atoms with Crippen LogP contribution in [0.3, 0.4) is 0 Å². The van der Waals surface area contributed by atoms with Gasteiger partial charge in [0.15, 0.2) is 0 Å². The molecule has 1 amide bonds. The number of hydrogen-bond acceptors (Lipinski definition) is 3. The molecule has 0 radical (unpaired) electrons. The molecule has 0 spiro atoms. The molecule has 1 aliphatic heterocycles. The number of halogens is 2. The molecule has 7 heteroatoms.